The lowest BCUT2D eigenvalue weighted by Crippen LogP contribution is -2.35. The van der Waals surface area contributed by atoms with E-state index < -0.39 is 0 Å². The van der Waals surface area contributed by atoms with Gasteiger partial charge in [0.05, 0.1) is 7.11 Å². The number of allylic oxidation sites excluding steroid dienone is 3. The molecule has 0 radical (unpaired) electrons. The Balaban J connectivity index is 2.16. The van der Waals surface area contributed by atoms with Crippen LogP contribution in [-0.2, 0) is 4.84 Å². The van der Waals surface area contributed by atoms with Gasteiger partial charge in [-0.05, 0) is 43.1 Å². The Morgan fingerprint density at radius 3 is 2.81 bits per heavy atom. The number of hydroxylamine groups is 1. The van der Waals surface area contributed by atoms with Crippen LogP contribution in [0.2, 0.25) is 0 Å². The molecule has 0 saturated heterocycles. The molecule has 3 rings (SSSR count). The summed E-state index contributed by atoms with van der Waals surface area (Å²) in [6, 6.07) is 0. The molecule has 0 heterocycles. The summed E-state index contributed by atoms with van der Waals surface area (Å²) in [5.74, 6) is 3.07. The zero-order chi connectivity index (χ0) is 11.7. The second kappa shape index (κ2) is 4.62. The SMILES string of the molecule is CONC=C1CC2C(C)=CC1CC2C(C)C. The molecule has 0 aromatic heterocycles. The van der Waals surface area contributed by atoms with Crippen molar-refractivity contribution in [2.45, 2.75) is 33.6 Å². The smallest absolute Gasteiger partial charge is 0.0636 e. The van der Waals surface area contributed by atoms with Crippen molar-refractivity contribution in [2.24, 2.45) is 23.7 Å². The van der Waals surface area contributed by atoms with Gasteiger partial charge in [0.2, 0.25) is 0 Å². The van der Waals surface area contributed by atoms with E-state index in [1.165, 1.54) is 18.4 Å². The van der Waals surface area contributed by atoms with Crippen LogP contribution in [0.25, 0.3) is 0 Å². The van der Waals surface area contributed by atoms with Crippen molar-refractivity contribution in [2.75, 3.05) is 7.11 Å². The van der Waals surface area contributed by atoms with E-state index >= 15 is 0 Å². The first-order valence-electron chi connectivity index (χ1n) is 6.29. The van der Waals surface area contributed by atoms with Crippen molar-refractivity contribution >= 4 is 0 Å². The number of rotatable bonds is 3. The third-order valence-electron chi connectivity index (χ3n) is 4.24. The largest absolute Gasteiger partial charge is 0.280 e. The molecule has 1 fully saturated rings. The van der Waals surface area contributed by atoms with Gasteiger partial charge in [0, 0.05) is 12.1 Å². The average Bonchev–Trinajstić information content (AvgIpc) is 2.26. The summed E-state index contributed by atoms with van der Waals surface area (Å²) in [6.45, 7) is 7.01. The molecule has 0 aliphatic heterocycles. The van der Waals surface area contributed by atoms with E-state index in [1.54, 1.807) is 12.7 Å². The highest BCUT2D eigenvalue weighted by atomic mass is 16.6. The van der Waals surface area contributed by atoms with Crippen LogP contribution in [0.1, 0.15) is 33.6 Å². The molecule has 0 aromatic rings. The molecule has 3 atom stereocenters. The minimum absolute atomic E-state index is 0.639. The number of hydrogen-bond acceptors (Lipinski definition) is 2. The predicted molar refractivity (Wildman–Crippen MR) is 66.5 cm³/mol. The van der Waals surface area contributed by atoms with E-state index in [-0.39, 0.29) is 0 Å². The maximum atomic E-state index is 4.91. The van der Waals surface area contributed by atoms with Crippen LogP contribution >= 0.6 is 0 Å². The summed E-state index contributed by atoms with van der Waals surface area (Å²) in [4.78, 5) is 4.91. The molecule has 0 amide bonds. The molecule has 3 aliphatic rings. The summed E-state index contributed by atoms with van der Waals surface area (Å²) in [6.07, 6.45) is 7.04. The van der Waals surface area contributed by atoms with Gasteiger partial charge in [-0.15, -0.1) is 0 Å². The summed E-state index contributed by atoms with van der Waals surface area (Å²) >= 11 is 0. The van der Waals surface area contributed by atoms with Gasteiger partial charge in [0.25, 0.3) is 0 Å². The topological polar surface area (TPSA) is 21.3 Å². The van der Waals surface area contributed by atoms with E-state index in [0.717, 1.165) is 17.8 Å². The summed E-state index contributed by atoms with van der Waals surface area (Å²) in [5, 5.41) is 0. The zero-order valence-corrected chi connectivity index (χ0v) is 10.8. The van der Waals surface area contributed by atoms with Gasteiger partial charge in [-0.25, -0.2) is 0 Å². The van der Waals surface area contributed by atoms with Crippen molar-refractivity contribution in [3.8, 4) is 0 Å². The Morgan fingerprint density at radius 1 is 1.50 bits per heavy atom. The van der Waals surface area contributed by atoms with Crippen LogP contribution in [0, 0.1) is 23.7 Å². The highest BCUT2D eigenvalue weighted by molar-refractivity contribution is 5.29. The van der Waals surface area contributed by atoms with Crippen molar-refractivity contribution in [1.82, 2.24) is 5.48 Å². The minimum atomic E-state index is 0.639. The first-order chi connectivity index (χ1) is 7.63. The van der Waals surface area contributed by atoms with Crippen LogP contribution in [0.5, 0.6) is 0 Å². The quantitative estimate of drug-likeness (QED) is 0.583. The van der Waals surface area contributed by atoms with Gasteiger partial charge in [-0.1, -0.05) is 25.5 Å². The Bertz CT molecular complexity index is 317. The molecule has 1 N–H and O–H groups in total. The molecule has 3 unspecified atom stereocenters. The lowest BCUT2D eigenvalue weighted by Gasteiger charge is -2.44. The molecule has 16 heavy (non-hydrogen) atoms. The van der Waals surface area contributed by atoms with Crippen molar-refractivity contribution in [1.29, 1.82) is 0 Å². The van der Waals surface area contributed by atoms with Crippen LogP contribution in [-0.4, -0.2) is 7.11 Å². The van der Waals surface area contributed by atoms with Crippen molar-refractivity contribution < 1.29 is 4.84 Å². The standard InChI is InChI=1S/C14H23NO/c1-9(2)13-6-11-5-10(3)14(13)7-12(11)8-15-16-4/h5,8-9,11,13-15H,6-7H2,1-4H3. The maximum Gasteiger partial charge on any atom is 0.0636 e. The van der Waals surface area contributed by atoms with Gasteiger partial charge < -0.3 is 0 Å². The minimum Gasteiger partial charge on any atom is -0.280 e. The van der Waals surface area contributed by atoms with E-state index in [1.807, 2.05) is 0 Å². The fraction of sp³-hybridized carbons (Fsp3) is 0.714. The molecule has 2 nitrogen and oxygen atoms in total. The third-order valence-corrected chi connectivity index (χ3v) is 4.24. The maximum absolute atomic E-state index is 4.91. The second-order valence-corrected chi connectivity index (χ2v) is 5.51. The Labute approximate surface area is 98.7 Å². The Kier molecular flexibility index (Phi) is 3.38. The Hall–Kier alpha value is -0.760. The fourth-order valence-electron chi connectivity index (χ4n) is 3.32. The lowest BCUT2D eigenvalue weighted by atomic mass is 9.60. The molecule has 2 bridgehead atoms. The normalized spacial score (nSPS) is 35.7. The molecular formula is C14H23NO. The highest BCUT2D eigenvalue weighted by Crippen LogP contribution is 2.49. The van der Waals surface area contributed by atoms with Crippen molar-refractivity contribution in [3.05, 3.63) is 23.4 Å². The lowest BCUT2D eigenvalue weighted by molar-refractivity contribution is 0.124. The van der Waals surface area contributed by atoms with Gasteiger partial charge in [-0.3, -0.25) is 10.3 Å². The summed E-state index contributed by atoms with van der Waals surface area (Å²) in [5.41, 5.74) is 5.98. The van der Waals surface area contributed by atoms with Gasteiger partial charge in [0.1, 0.15) is 0 Å². The van der Waals surface area contributed by atoms with Crippen LogP contribution < -0.4 is 5.48 Å². The average molecular weight is 221 g/mol. The Morgan fingerprint density at radius 2 is 2.25 bits per heavy atom. The van der Waals surface area contributed by atoms with Gasteiger partial charge in [-0.2, -0.15) is 0 Å². The predicted octanol–water partition coefficient (Wildman–Crippen LogP) is 3.28. The van der Waals surface area contributed by atoms with E-state index in [2.05, 4.69) is 38.5 Å². The van der Waals surface area contributed by atoms with Crippen molar-refractivity contribution in [3.63, 3.8) is 0 Å². The zero-order valence-electron chi connectivity index (χ0n) is 10.8. The second-order valence-electron chi connectivity index (χ2n) is 5.51. The number of nitrogens with one attached hydrogen (secondary N) is 1. The highest BCUT2D eigenvalue weighted by Gasteiger charge is 2.39. The fourth-order valence-corrected chi connectivity index (χ4v) is 3.32. The molecule has 90 valence electrons. The first kappa shape index (κ1) is 11.7. The third kappa shape index (κ3) is 2.03. The van der Waals surface area contributed by atoms with Gasteiger partial charge >= 0.3 is 0 Å². The molecule has 0 spiro atoms. The molecular weight excluding hydrogens is 198 g/mol. The number of fused-ring (bicyclic) bond motifs is 2. The summed E-state index contributed by atoms with van der Waals surface area (Å²) in [7, 11) is 1.66. The molecule has 1 saturated carbocycles. The first-order valence-corrected chi connectivity index (χ1v) is 6.29. The van der Waals surface area contributed by atoms with Crippen LogP contribution in [0.15, 0.2) is 23.4 Å². The molecule has 2 heteroatoms. The van der Waals surface area contributed by atoms with Gasteiger partial charge in [0.15, 0.2) is 0 Å². The molecule has 3 aliphatic carbocycles. The monoisotopic (exact) mass is 221 g/mol. The van der Waals surface area contributed by atoms with Crippen LogP contribution in [0.4, 0.5) is 0 Å². The number of hydrogen-bond donors (Lipinski definition) is 1. The van der Waals surface area contributed by atoms with E-state index in [9.17, 15) is 0 Å². The molecule has 0 aromatic carbocycles. The van der Waals surface area contributed by atoms with E-state index in [0.29, 0.717) is 5.92 Å². The summed E-state index contributed by atoms with van der Waals surface area (Å²) < 4.78 is 0. The van der Waals surface area contributed by atoms with Crippen LogP contribution in [0.3, 0.4) is 0 Å². The van der Waals surface area contributed by atoms with E-state index in [4.69, 9.17) is 4.84 Å².